The SMILES string of the molecule is CC(C)(C)OC(=O)N1CCc2cc(C3=NOC(c4cc(Cl)cc(Cl)c4)(C(F)(F)F)C3)ccc21.FC(F)(F)C1(c2cc(Cl)cc(Cl)c2)CC(c2ccc3c(c2)CCN3)=NO1. The zero-order valence-corrected chi connectivity index (χ0v) is 34.4. The molecule has 0 saturated heterocycles. The van der Waals surface area contributed by atoms with Crippen LogP contribution in [0.25, 0.3) is 0 Å². The molecule has 4 aliphatic rings. The van der Waals surface area contributed by atoms with Crippen LogP contribution in [0.4, 0.5) is 42.5 Å². The van der Waals surface area contributed by atoms with Crippen molar-refractivity contribution in [2.45, 2.75) is 75.6 Å². The second-order valence-corrected chi connectivity index (χ2v) is 17.1. The van der Waals surface area contributed by atoms with Crippen molar-refractivity contribution in [2.24, 2.45) is 10.3 Å². The number of fused-ring (bicyclic) bond motifs is 2. The van der Waals surface area contributed by atoms with Gasteiger partial charge in [-0.2, -0.15) is 26.3 Å². The molecule has 0 aliphatic carbocycles. The first-order chi connectivity index (χ1) is 27.6. The first kappa shape index (κ1) is 42.7. The van der Waals surface area contributed by atoms with Crippen LogP contribution in [0.5, 0.6) is 0 Å². The summed E-state index contributed by atoms with van der Waals surface area (Å²) in [5.41, 5.74) is -1.30. The van der Waals surface area contributed by atoms with Crippen LogP contribution in [0.1, 0.15) is 67.0 Å². The van der Waals surface area contributed by atoms with Crippen molar-refractivity contribution in [1.29, 1.82) is 0 Å². The van der Waals surface area contributed by atoms with Gasteiger partial charge < -0.3 is 19.7 Å². The highest BCUT2D eigenvalue weighted by Gasteiger charge is 2.63. The third-order valence-electron chi connectivity index (χ3n) is 10.1. The first-order valence-electron chi connectivity index (χ1n) is 18.2. The molecule has 0 saturated carbocycles. The van der Waals surface area contributed by atoms with Gasteiger partial charge in [-0.05, 0) is 117 Å². The Balaban J connectivity index is 0.000000184. The highest BCUT2D eigenvalue weighted by Crippen LogP contribution is 2.51. The first-order valence-corrected chi connectivity index (χ1v) is 19.7. The van der Waals surface area contributed by atoms with Crippen molar-refractivity contribution >= 4 is 75.3 Å². The van der Waals surface area contributed by atoms with E-state index in [1.54, 1.807) is 45.0 Å². The number of hydrogen-bond acceptors (Lipinski definition) is 7. The predicted octanol–water partition coefficient (Wildman–Crippen LogP) is 12.4. The van der Waals surface area contributed by atoms with Crippen molar-refractivity contribution in [3.8, 4) is 0 Å². The predicted molar refractivity (Wildman–Crippen MR) is 215 cm³/mol. The molecule has 8 nitrogen and oxygen atoms in total. The monoisotopic (exact) mass is 900 g/mol. The molecular weight excluding hydrogens is 868 g/mol. The molecule has 4 aromatic carbocycles. The van der Waals surface area contributed by atoms with E-state index in [-0.39, 0.29) is 42.6 Å². The minimum atomic E-state index is -4.77. The molecule has 2 atom stereocenters. The van der Waals surface area contributed by atoms with Gasteiger partial charge in [0.15, 0.2) is 0 Å². The van der Waals surface area contributed by atoms with Crippen LogP contribution in [0, 0.1) is 0 Å². The molecule has 0 spiro atoms. The van der Waals surface area contributed by atoms with Crippen LogP contribution in [0.15, 0.2) is 83.1 Å². The van der Waals surface area contributed by atoms with Crippen molar-refractivity contribution < 1.29 is 45.5 Å². The number of carbonyl (C=O) groups excluding carboxylic acids is 1. The minimum Gasteiger partial charge on any atom is -0.443 e. The number of benzene rings is 4. The third kappa shape index (κ3) is 8.51. The van der Waals surface area contributed by atoms with Gasteiger partial charge in [0.1, 0.15) is 5.60 Å². The van der Waals surface area contributed by atoms with Gasteiger partial charge in [-0.25, -0.2) is 4.79 Å². The number of alkyl halides is 6. The van der Waals surface area contributed by atoms with Crippen LogP contribution >= 0.6 is 46.4 Å². The van der Waals surface area contributed by atoms with Crippen LogP contribution < -0.4 is 10.2 Å². The highest BCUT2D eigenvalue weighted by molar-refractivity contribution is 6.35. The van der Waals surface area contributed by atoms with Gasteiger partial charge in [-0.1, -0.05) is 68.8 Å². The Bertz CT molecular complexity index is 2340. The quantitative estimate of drug-likeness (QED) is 0.206. The van der Waals surface area contributed by atoms with Crippen molar-refractivity contribution in [2.75, 3.05) is 23.3 Å². The lowest BCUT2D eigenvalue weighted by Crippen LogP contribution is -2.42. The summed E-state index contributed by atoms with van der Waals surface area (Å²) < 4.78 is 90.0. The van der Waals surface area contributed by atoms with Gasteiger partial charge in [0.2, 0.25) is 0 Å². The Morgan fingerprint density at radius 1 is 0.695 bits per heavy atom. The summed E-state index contributed by atoms with van der Waals surface area (Å²) in [4.78, 5) is 24.1. The van der Waals surface area contributed by atoms with Gasteiger partial charge in [0, 0.05) is 62.8 Å². The Kier molecular flexibility index (Phi) is 11.3. The topological polar surface area (TPSA) is 84.8 Å². The van der Waals surface area contributed by atoms with E-state index in [2.05, 4.69) is 15.6 Å². The number of ether oxygens (including phenoxy) is 1. The Morgan fingerprint density at radius 2 is 1.17 bits per heavy atom. The molecule has 2 unspecified atom stereocenters. The second kappa shape index (κ2) is 15.6. The number of rotatable bonds is 4. The number of anilines is 2. The lowest BCUT2D eigenvalue weighted by Gasteiger charge is -2.29. The molecule has 312 valence electrons. The Morgan fingerprint density at radius 3 is 1.64 bits per heavy atom. The fourth-order valence-electron chi connectivity index (χ4n) is 7.26. The van der Waals surface area contributed by atoms with Crippen molar-refractivity contribution in [3.63, 3.8) is 0 Å². The maximum Gasteiger partial charge on any atom is 0.435 e. The van der Waals surface area contributed by atoms with E-state index in [0.717, 1.165) is 29.8 Å². The highest BCUT2D eigenvalue weighted by atomic mass is 35.5. The number of nitrogens with one attached hydrogen (secondary N) is 1. The summed E-state index contributed by atoms with van der Waals surface area (Å²) >= 11 is 23.7. The van der Waals surface area contributed by atoms with E-state index in [0.29, 0.717) is 29.8 Å². The van der Waals surface area contributed by atoms with E-state index in [4.69, 9.17) is 60.8 Å². The molecule has 4 aromatic rings. The van der Waals surface area contributed by atoms with E-state index >= 15 is 0 Å². The van der Waals surface area contributed by atoms with Crippen molar-refractivity contribution in [3.05, 3.63) is 126 Å². The Hall–Kier alpha value is -4.37. The minimum absolute atomic E-state index is 0.0675. The molecule has 0 aromatic heterocycles. The van der Waals surface area contributed by atoms with Gasteiger partial charge in [0.05, 0.1) is 17.1 Å². The smallest absolute Gasteiger partial charge is 0.435 e. The summed E-state index contributed by atoms with van der Waals surface area (Å²) in [6, 6.07) is 18.0. The maximum absolute atomic E-state index is 14.2. The second-order valence-electron chi connectivity index (χ2n) is 15.4. The van der Waals surface area contributed by atoms with E-state index in [9.17, 15) is 31.1 Å². The molecule has 59 heavy (non-hydrogen) atoms. The van der Waals surface area contributed by atoms with E-state index in [1.165, 1.54) is 41.3 Å². The molecule has 4 heterocycles. The number of carbonyl (C=O) groups is 1. The summed E-state index contributed by atoms with van der Waals surface area (Å²) in [6.45, 7) is 6.58. The molecule has 0 radical (unpaired) electrons. The number of hydrogen-bond donors (Lipinski definition) is 1. The summed E-state index contributed by atoms with van der Waals surface area (Å²) in [7, 11) is 0. The number of oxime groups is 2. The average molecular weight is 903 g/mol. The lowest BCUT2D eigenvalue weighted by atomic mass is 9.86. The van der Waals surface area contributed by atoms with E-state index in [1.807, 2.05) is 12.1 Å². The zero-order valence-electron chi connectivity index (χ0n) is 31.4. The normalized spacial score (nSPS) is 21.0. The molecule has 4 aliphatic heterocycles. The van der Waals surface area contributed by atoms with Crippen LogP contribution in [0.3, 0.4) is 0 Å². The molecule has 0 fully saturated rings. The fraction of sp³-hybridized carbons (Fsp3) is 0.341. The molecule has 1 N–H and O–H groups in total. The van der Waals surface area contributed by atoms with Crippen LogP contribution in [-0.2, 0) is 38.5 Å². The Labute approximate surface area is 355 Å². The number of amides is 1. The fourth-order valence-corrected chi connectivity index (χ4v) is 8.32. The van der Waals surface area contributed by atoms with Gasteiger partial charge in [-0.3, -0.25) is 4.90 Å². The summed E-state index contributed by atoms with van der Waals surface area (Å²) in [6.07, 6.45) is -9.54. The average Bonchev–Trinajstić information content (AvgIpc) is 3.95. The zero-order chi connectivity index (χ0) is 42.7. The molecular formula is C41H34Cl4F6N4O4. The van der Waals surface area contributed by atoms with Gasteiger partial charge >= 0.3 is 18.4 Å². The molecule has 0 bridgehead atoms. The van der Waals surface area contributed by atoms with Gasteiger partial charge in [0.25, 0.3) is 11.2 Å². The van der Waals surface area contributed by atoms with Gasteiger partial charge in [-0.15, -0.1) is 0 Å². The molecule has 18 heteroatoms. The largest absolute Gasteiger partial charge is 0.443 e. The van der Waals surface area contributed by atoms with E-state index < -0.39 is 48.1 Å². The maximum atomic E-state index is 14.2. The van der Waals surface area contributed by atoms with Crippen LogP contribution in [-0.4, -0.2) is 48.6 Å². The molecule has 8 rings (SSSR count). The summed E-state index contributed by atoms with van der Waals surface area (Å²) in [5.74, 6) is 0. The van der Waals surface area contributed by atoms with Crippen LogP contribution in [0.2, 0.25) is 20.1 Å². The lowest BCUT2D eigenvalue weighted by molar-refractivity contribution is -0.276. The standard InChI is InChI=1S/C23H21Cl2F3N2O3.C18H13Cl2F3N2O/c1-21(2,3)32-20(31)30-7-6-14-8-13(4-5-19(14)30)18-12-22(33-29-18,23(26,27)28)15-9-16(24)11-17(25)10-15;19-13-6-12(7-14(20)8-13)17(18(21,22)23)9-16(25-26-17)10-1-2-15-11(5-10)3-4-24-15/h4-5,8-11H,6-7,12H2,1-3H3;1-2,5-8,24H,3-4,9H2. The molecule has 1 amide bonds. The third-order valence-corrected chi connectivity index (χ3v) is 11.0. The number of nitrogens with zero attached hydrogens (tertiary/aromatic N) is 3. The van der Waals surface area contributed by atoms with Crippen molar-refractivity contribution in [1.82, 2.24) is 0 Å². The summed E-state index contributed by atoms with van der Waals surface area (Å²) in [5, 5.41) is 11.1. The number of halogens is 10.